The molecule has 3 heteroatoms. The Kier molecular flexibility index (Phi) is 4.77. The first-order valence-corrected chi connectivity index (χ1v) is 7.41. The predicted molar refractivity (Wildman–Crippen MR) is 78.4 cm³/mol. The summed E-state index contributed by atoms with van der Waals surface area (Å²) >= 11 is 5.26. The Labute approximate surface area is 115 Å². The van der Waals surface area contributed by atoms with Gasteiger partial charge in [0.2, 0.25) is 0 Å². The number of nitrogens with one attached hydrogen (secondary N) is 1. The summed E-state index contributed by atoms with van der Waals surface area (Å²) in [5, 5.41) is 3.46. The van der Waals surface area contributed by atoms with Crippen LogP contribution in [0.5, 0.6) is 0 Å². The van der Waals surface area contributed by atoms with Crippen molar-refractivity contribution >= 4 is 27.3 Å². The van der Waals surface area contributed by atoms with Crippen LogP contribution < -0.4 is 5.32 Å². The maximum Gasteiger partial charge on any atom is 0.0701 e. The topological polar surface area (TPSA) is 12.0 Å². The van der Waals surface area contributed by atoms with Gasteiger partial charge in [0.1, 0.15) is 0 Å². The lowest BCUT2D eigenvalue weighted by Gasteiger charge is -2.04. The Balaban J connectivity index is 1.81. The van der Waals surface area contributed by atoms with Gasteiger partial charge in [0, 0.05) is 18.0 Å². The molecule has 0 aliphatic rings. The third kappa shape index (κ3) is 3.95. The Hall–Kier alpha value is -0.640. The first kappa shape index (κ1) is 12.8. The highest BCUT2D eigenvalue weighted by Gasteiger charge is 1.98. The van der Waals surface area contributed by atoms with Crippen molar-refractivity contribution in [2.75, 3.05) is 0 Å². The second kappa shape index (κ2) is 6.34. The molecular weight excluding hydrogens is 294 g/mol. The van der Waals surface area contributed by atoms with Crippen LogP contribution in [0.3, 0.4) is 0 Å². The Bertz CT molecular complexity index is 461. The normalized spacial score (nSPS) is 10.7. The van der Waals surface area contributed by atoms with Crippen molar-refractivity contribution in [1.82, 2.24) is 5.32 Å². The van der Waals surface area contributed by atoms with Gasteiger partial charge in [-0.25, -0.2) is 0 Å². The number of halogens is 1. The fourth-order valence-electron chi connectivity index (χ4n) is 1.67. The fourth-order valence-corrected chi connectivity index (χ4v) is 3.12. The zero-order valence-electron chi connectivity index (χ0n) is 9.87. The van der Waals surface area contributed by atoms with Crippen LogP contribution in [0, 0.1) is 0 Å². The third-order valence-electron chi connectivity index (χ3n) is 2.69. The van der Waals surface area contributed by atoms with Gasteiger partial charge in [-0.15, -0.1) is 11.3 Å². The molecule has 90 valence electrons. The van der Waals surface area contributed by atoms with Crippen LogP contribution in [0.4, 0.5) is 0 Å². The number of thiophene rings is 1. The molecule has 1 heterocycles. The largest absolute Gasteiger partial charge is 0.308 e. The molecule has 0 aliphatic carbocycles. The minimum Gasteiger partial charge on any atom is -0.308 e. The summed E-state index contributed by atoms with van der Waals surface area (Å²) in [5.41, 5.74) is 2.74. The summed E-state index contributed by atoms with van der Waals surface area (Å²) in [6, 6.07) is 13.1. The molecule has 0 bridgehead atoms. The maximum absolute atomic E-state index is 3.48. The van der Waals surface area contributed by atoms with Crippen LogP contribution in [0.2, 0.25) is 0 Å². The van der Waals surface area contributed by atoms with Crippen LogP contribution in [-0.4, -0.2) is 0 Å². The number of hydrogen-bond donors (Lipinski definition) is 1. The lowest BCUT2D eigenvalue weighted by Crippen LogP contribution is -2.11. The SMILES string of the molecule is CCc1ccc(CNCc2ccc(Br)s2)cc1. The molecule has 1 N–H and O–H groups in total. The maximum atomic E-state index is 3.48. The van der Waals surface area contributed by atoms with Crippen molar-refractivity contribution in [1.29, 1.82) is 0 Å². The fraction of sp³-hybridized carbons (Fsp3) is 0.286. The van der Waals surface area contributed by atoms with Gasteiger partial charge >= 0.3 is 0 Å². The first-order chi connectivity index (χ1) is 8.28. The summed E-state index contributed by atoms with van der Waals surface area (Å²) in [7, 11) is 0. The third-order valence-corrected chi connectivity index (χ3v) is 4.31. The highest BCUT2D eigenvalue weighted by molar-refractivity contribution is 9.11. The standard InChI is InChI=1S/C14H16BrNS/c1-2-11-3-5-12(6-4-11)9-16-10-13-7-8-14(15)17-13/h3-8,16H,2,9-10H2,1H3. The molecule has 1 nitrogen and oxygen atoms in total. The van der Waals surface area contributed by atoms with Crippen LogP contribution in [0.1, 0.15) is 22.9 Å². The molecule has 0 unspecified atom stereocenters. The molecule has 1 aromatic carbocycles. The van der Waals surface area contributed by atoms with Gasteiger partial charge in [-0.2, -0.15) is 0 Å². The van der Waals surface area contributed by atoms with Crippen molar-refractivity contribution in [2.24, 2.45) is 0 Å². The van der Waals surface area contributed by atoms with Crippen molar-refractivity contribution in [2.45, 2.75) is 26.4 Å². The van der Waals surface area contributed by atoms with Crippen LogP contribution >= 0.6 is 27.3 Å². The van der Waals surface area contributed by atoms with E-state index in [2.05, 4.69) is 64.6 Å². The van der Waals surface area contributed by atoms with Crippen molar-refractivity contribution in [3.05, 3.63) is 56.2 Å². The van der Waals surface area contributed by atoms with E-state index >= 15 is 0 Å². The molecule has 0 fully saturated rings. The van der Waals surface area contributed by atoms with E-state index in [1.807, 2.05) is 0 Å². The average molecular weight is 310 g/mol. The highest BCUT2D eigenvalue weighted by Crippen LogP contribution is 2.21. The predicted octanol–water partition coefficient (Wildman–Crippen LogP) is 4.36. The highest BCUT2D eigenvalue weighted by atomic mass is 79.9. The van der Waals surface area contributed by atoms with Crippen molar-refractivity contribution in [3.8, 4) is 0 Å². The summed E-state index contributed by atoms with van der Waals surface area (Å²) < 4.78 is 1.20. The summed E-state index contributed by atoms with van der Waals surface area (Å²) in [5.74, 6) is 0. The molecule has 0 atom stereocenters. The minimum absolute atomic E-state index is 0.930. The summed E-state index contributed by atoms with van der Waals surface area (Å²) in [6.07, 6.45) is 1.11. The quantitative estimate of drug-likeness (QED) is 0.865. The smallest absolute Gasteiger partial charge is 0.0701 e. The second-order valence-electron chi connectivity index (χ2n) is 3.98. The van der Waals surface area contributed by atoms with Gasteiger partial charge in [-0.05, 0) is 45.6 Å². The van der Waals surface area contributed by atoms with E-state index in [-0.39, 0.29) is 0 Å². The molecule has 0 saturated carbocycles. The van der Waals surface area contributed by atoms with E-state index < -0.39 is 0 Å². The minimum atomic E-state index is 0.930. The van der Waals surface area contributed by atoms with Crippen molar-refractivity contribution in [3.63, 3.8) is 0 Å². The Morgan fingerprint density at radius 1 is 1.00 bits per heavy atom. The van der Waals surface area contributed by atoms with E-state index in [1.54, 1.807) is 11.3 Å². The molecular formula is C14H16BrNS. The molecule has 17 heavy (non-hydrogen) atoms. The van der Waals surface area contributed by atoms with E-state index in [9.17, 15) is 0 Å². The lowest BCUT2D eigenvalue weighted by atomic mass is 10.1. The van der Waals surface area contributed by atoms with Crippen molar-refractivity contribution < 1.29 is 0 Å². The van der Waals surface area contributed by atoms with Crippen LogP contribution in [0.25, 0.3) is 0 Å². The van der Waals surface area contributed by atoms with Gasteiger partial charge < -0.3 is 5.32 Å². The molecule has 0 amide bonds. The van der Waals surface area contributed by atoms with E-state index in [1.165, 1.54) is 19.8 Å². The van der Waals surface area contributed by atoms with Crippen LogP contribution in [-0.2, 0) is 19.5 Å². The Morgan fingerprint density at radius 2 is 1.71 bits per heavy atom. The second-order valence-corrected chi connectivity index (χ2v) is 6.53. The van der Waals surface area contributed by atoms with E-state index in [4.69, 9.17) is 0 Å². The van der Waals surface area contributed by atoms with Gasteiger partial charge in [0.05, 0.1) is 3.79 Å². The zero-order chi connectivity index (χ0) is 12.1. The molecule has 0 radical (unpaired) electrons. The first-order valence-electron chi connectivity index (χ1n) is 5.80. The zero-order valence-corrected chi connectivity index (χ0v) is 12.3. The average Bonchev–Trinajstić information content (AvgIpc) is 2.76. The molecule has 1 aromatic heterocycles. The van der Waals surface area contributed by atoms with Crippen LogP contribution in [0.15, 0.2) is 40.2 Å². The molecule has 0 spiro atoms. The monoisotopic (exact) mass is 309 g/mol. The number of rotatable bonds is 5. The number of aryl methyl sites for hydroxylation is 1. The number of benzene rings is 1. The lowest BCUT2D eigenvalue weighted by molar-refractivity contribution is 0.701. The van der Waals surface area contributed by atoms with Gasteiger partial charge in [0.25, 0.3) is 0 Å². The molecule has 0 saturated heterocycles. The summed E-state index contributed by atoms with van der Waals surface area (Å²) in [4.78, 5) is 1.36. The Morgan fingerprint density at radius 3 is 2.29 bits per heavy atom. The molecule has 2 aromatic rings. The van der Waals surface area contributed by atoms with Gasteiger partial charge in [-0.3, -0.25) is 0 Å². The van der Waals surface area contributed by atoms with Gasteiger partial charge in [-0.1, -0.05) is 31.2 Å². The number of hydrogen-bond acceptors (Lipinski definition) is 2. The summed E-state index contributed by atoms with van der Waals surface area (Å²) in [6.45, 7) is 4.05. The van der Waals surface area contributed by atoms with E-state index in [0.717, 1.165) is 19.5 Å². The van der Waals surface area contributed by atoms with Gasteiger partial charge in [0.15, 0.2) is 0 Å². The van der Waals surface area contributed by atoms with E-state index in [0.29, 0.717) is 0 Å². The molecule has 0 aliphatic heterocycles. The molecule has 2 rings (SSSR count).